The number of amides is 2. The number of benzene rings is 3. The molecule has 0 aromatic heterocycles. The lowest BCUT2D eigenvalue weighted by molar-refractivity contribution is 0.0949. The molecule has 5 heteroatoms. The molecule has 0 bridgehead atoms. The van der Waals surface area contributed by atoms with Crippen LogP contribution in [0, 0.1) is 6.92 Å². The molecule has 0 aliphatic heterocycles. The Balaban J connectivity index is 1.40. The molecule has 2 N–H and O–H groups in total. The molecule has 0 heterocycles. The van der Waals surface area contributed by atoms with Crippen LogP contribution in [0.25, 0.3) is 0 Å². The lowest BCUT2D eigenvalue weighted by Gasteiger charge is -2.10. The van der Waals surface area contributed by atoms with Gasteiger partial charge in [-0.15, -0.1) is 0 Å². The topological polar surface area (TPSA) is 67.4 Å². The van der Waals surface area contributed by atoms with Crippen molar-refractivity contribution in [3.8, 4) is 5.75 Å². The predicted molar refractivity (Wildman–Crippen MR) is 117 cm³/mol. The third-order valence-corrected chi connectivity index (χ3v) is 4.88. The fourth-order valence-corrected chi connectivity index (χ4v) is 3.13. The molecule has 0 radical (unpaired) electrons. The van der Waals surface area contributed by atoms with E-state index < -0.39 is 0 Å². The maximum atomic E-state index is 12.7. The second-order valence-corrected chi connectivity index (χ2v) is 7.59. The van der Waals surface area contributed by atoms with Gasteiger partial charge in [0.1, 0.15) is 12.4 Å². The summed E-state index contributed by atoms with van der Waals surface area (Å²) in [7, 11) is 0. The van der Waals surface area contributed by atoms with Gasteiger partial charge < -0.3 is 15.4 Å². The van der Waals surface area contributed by atoms with Crippen molar-refractivity contribution >= 4 is 17.5 Å². The van der Waals surface area contributed by atoms with Crippen LogP contribution in [0.3, 0.4) is 0 Å². The largest absolute Gasteiger partial charge is 0.489 e. The number of hydrogen-bond donors (Lipinski definition) is 2. The van der Waals surface area contributed by atoms with Crippen molar-refractivity contribution in [2.75, 3.05) is 5.32 Å². The quantitative estimate of drug-likeness (QED) is 0.603. The van der Waals surface area contributed by atoms with Gasteiger partial charge in [-0.05, 0) is 61.7 Å². The summed E-state index contributed by atoms with van der Waals surface area (Å²) in [6.07, 6.45) is 2.06. The fraction of sp³-hybridized carbons (Fsp3) is 0.200. The van der Waals surface area contributed by atoms with Crippen LogP contribution in [-0.4, -0.2) is 17.9 Å². The third-order valence-electron chi connectivity index (χ3n) is 4.88. The Hall–Kier alpha value is -3.60. The van der Waals surface area contributed by atoms with E-state index in [0.717, 1.165) is 18.4 Å². The van der Waals surface area contributed by atoms with Crippen molar-refractivity contribution in [3.05, 3.63) is 95.1 Å². The Morgan fingerprint density at radius 2 is 1.63 bits per heavy atom. The molecular weight excluding hydrogens is 376 g/mol. The average Bonchev–Trinajstić information content (AvgIpc) is 3.57. The number of hydrogen-bond acceptors (Lipinski definition) is 3. The Kier molecular flexibility index (Phi) is 5.80. The highest BCUT2D eigenvalue weighted by molar-refractivity contribution is 6.05. The SMILES string of the molecule is Cc1cccc(COc2cccc(C(=O)Nc3cccc(C(=O)NC4CC4)c3)c2)c1. The first-order valence-electron chi connectivity index (χ1n) is 10.1. The van der Waals surface area contributed by atoms with Crippen molar-refractivity contribution < 1.29 is 14.3 Å². The number of carbonyl (C=O) groups excluding carboxylic acids is 2. The van der Waals surface area contributed by atoms with E-state index in [9.17, 15) is 9.59 Å². The molecule has 2 amide bonds. The van der Waals surface area contributed by atoms with Crippen LogP contribution in [-0.2, 0) is 6.61 Å². The van der Waals surface area contributed by atoms with Crippen LogP contribution in [0.4, 0.5) is 5.69 Å². The van der Waals surface area contributed by atoms with Gasteiger partial charge >= 0.3 is 0 Å². The molecule has 0 atom stereocenters. The zero-order chi connectivity index (χ0) is 20.9. The zero-order valence-corrected chi connectivity index (χ0v) is 16.9. The normalized spacial score (nSPS) is 12.8. The molecule has 4 rings (SSSR count). The first-order valence-corrected chi connectivity index (χ1v) is 10.1. The number of rotatable bonds is 7. The van der Waals surface area contributed by atoms with Gasteiger partial charge in [0.05, 0.1) is 0 Å². The second-order valence-electron chi connectivity index (χ2n) is 7.59. The minimum Gasteiger partial charge on any atom is -0.489 e. The molecule has 3 aromatic carbocycles. The number of anilines is 1. The second kappa shape index (κ2) is 8.82. The Bertz CT molecular complexity index is 1070. The molecule has 0 unspecified atom stereocenters. The minimum atomic E-state index is -0.254. The van der Waals surface area contributed by atoms with Gasteiger partial charge in [0.2, 0.25) is 0 Å². The van der Waals surface area contributed by atoms with Gasteiger partial charge in [-0.1, -0.05) is 42.0 Å². The molecule has 0 spiro atoms. The standard InChI is InChI=1S/C25H24N2O3/c1-17-5-2-6-18(13-17)16-30-23-10-4-8-20(15-23)25(29)27-22-9-3-7-19(14-22)24(28)26-21-11-12-21/h2-10,13-15,21H,11-12,16H2,1H3,(H,26,28)(H,27,29). The molecule has 30 heavy (non-hydrogen) atoms. The van der Waals surface area contributed by atoms with Crippen molar-refractivity contribution in [1.29, 1.82) is 0 Å². The molecule has 3 aromatic rings. The third kappa shape index (κ3) is 5.26. The zero-order valence-electron chi connectivity index (χ0n) is 16.9. The highest BCUT2D eigenvalue weighted by Gasteiger charge is 2.23. The van der Waals surface area contributed by atoms with E-state index in [1.54, 1.807) is 42.5 Å². The summed E-state index contributed by atoms with van der Waals surface area (Å²) in [5.41, 5.74) is 3.86. The van der Waals surface area contributed by atoms with Crippen LogP contribution >= 0.6 is 0 Å². The first-order chi connectivity index (χ1) is 14.6. The average molecular weight is 400 g/mol. The Morgan fingerprint density at radius 1 is 0.900 bits per heavy atom. The van der Waals surface area contributed by atoms with Gasteiger partial charge in [-0.25, -0.2) is 0 Å². The monoisotopic (exact) mass is 400 g/mol. The van der Waals surface area contributed by atoms with Gasteiger partial charge in [0, 0.05) is 22.9 Å². The highest BCUT2D eigenvalue weighted by Crippen LogP contribution is 2.21. The molecule has 152 valence electrons. The van der Waals surface area contributed by atoms with Gasteiger partial charge in [0.15, 0.2) is 0 Å². The van der Waals surface area contributed by atoms with Crippen LogP contribution < -0.4 is 15.4 Å². The number of aryl methyl sites for hydroxylation is 1. The molecule has 5 nitrogen and oxygen atoms in total. The van der Waals surface area contributed by atoms with Crippen LogP contribution in [0.5, 0.6) is 5.75 Å². The Labute approximate surface area is 176 Å². The summed E-state index contributed by atoms with van der Waals surface area (Å²) in [6, 6.07) is 22.4. The maximum Gasteiger partial charge on any atom is 0.255 e. The summed E-state index contributed by atoms with van der Waals surface area (Å²) >= 11 is 0. The van der Waals surface area contributed by atoms with E-state index in [0.29, 0.717) is 35.2 Å². The van der Waals surface area contributed by atoms with E-state index in [1.165, 1.54) is 5.56 Å². The van der Waals surface area contributed by atoms with Crippen molar-refractivity contribution in [2.24, 2.45) is 0 Å². The number of carbonyl (C=O) groups is 2. The predicted octanol–water partition coefficient (Wildman–Crippen LogP) is 4.72. The van der Waals surface area contributed by atoms with E-state index >= 15 is 0 Å². The summed E-state index contributed by atoms with van der Waals surface area (Å²) < 4.78 is 5.85. The van der Waals surface area contributed by atoms with Gasteiger partial charge in [-0.3, -0.25) is 9.59 Å². The van der Waals surface area contributed by atoms with Crippen LogP contribution in [0.1, 0.15) is 44.7 Å². The van der Waals surface area contributed by atoms with Crippen molar-refractivity contribution in [2.45, 2.75) is 32.4 Å². The van der Waals surface area contributed by atoms with Gasteiger partial charge in [-0.2, -0.15) is 0 Å². The number of ether oxygens (including phenoxy) is 1. The highest BCUT2D eigenvalue weighted by atomic mass is 16.5. The molecule has 1 aliphatic rings. The lowest BCUT2D eigenvalue weighted by Crippen LogP contribution is -2.25. The number of nitrogens with one attached hydrogen (secondary N) is 2. The Morgan fingerprint density at radius 3 is 2.40 bits per heavy atom. The smallest absolute Gasteiger partial charge is 0.255 e. The van der Waals surface area contributed by atoms with E-state index in [1.807, 2.05) is 31.2 Å². The first kappa shape index (κ1) is 19.7. The van der Waals surface area contributed by atoms with E-state index in [2.05, 4.69) is 16.7 Å². The van der Waals surface area contributed by atoms with Crippen LogP contribution in [0.15, 0.2) is 72.8 Å². The van der Waals surface area contributed by atoms with E-state index in [4.69, 9.17) is 4.74 Å². The van der Waals surface area contributed by atoms with E-state index in [-0.39, 0.29) is 11.8 Å². The van der Waals surface area contributed by atoms with Crippen LogP contribution in [0.2, 0.25) is 0 Å². The molecule has 1 saturated carbocycles. The van der Waals surface area contributed by atoms with Crippen molar-refractivity contribution in [3.63, 3.8) is 0 Å². The summed E-state index contributed by atoms with van der Waals surface area (Å²) in [6.45, 7) is 2.48. The molecule has 0 saturated heterocycles. The molecular formula is C25H24N2O3. The fourth-order valence-electron chi connectivity index (χ4n) is 3.13. The van der Waals surface area contributed by atoms with Gasteiger partial charge in [0.25, 0.3) is 11.8 Å². The summed E-state index contributed by atoms with van der Waals surface area (Å²) in [5, 5.41) is 5.81. The molecule has 1 fully saturated rings. The summed E-state index contributed by atoms with van der Waals surface area (Å²) in [4.78, 5) is 24.9. The summed E-state index contributed by atoms with van der Waals surface area (Å²) in [5.74, 6) is 0.262. The lowest BCUT2D eigenvalue weighted by atomic mass is 10.1. The molecule has 1 aliphatic carbocycles. The minimum absolute atomic E-state index is 0.111. The van der Waals surface area contributed by atoms with Crippen molar-refractivity contribution in [1.82, 2.24) is 5.32 Å². The maximum absolute atomic E-state index is 12.7.